The van der Waals surface area contributed by atoms with Crippen molar-refractivity contribution >= 4 is 16.1 Å². The van der Waals surface area contributed by atoms with Gasteiger partial charge in [-0.25, -0.2) is 0 Å². The van der Waals surface area contributed by atoms with Crippen molar-refractivity contribution in [3.8, 4) is 0 Å². The number of hydrogen-bond acceptors (Lipinski definition) is 6. The predicted molar refractivity (Wildman–Crippen MR) is 90.8 cm³/mol. The van der Waals surface area contributed by atoms with E-state index in [9.17, 15) is 44.7 Å². The minimum Gasteiger partial charge on any atom is -0.449 e. The van der Waals surface area contributed by atoms with Gasteiger partial charge in [-0.05, 0) is 32.9 Å². The number of benzene rings is 1. The van der Waals surface area contributed by atoms with Crippen LogP contribution in [0.2, 0.25) is 0 Å². The first kappa shape index (κ1) is 26.2. The lowest BCUT2D eigenvalue weighted by atomic mass is 10.00. The Bertz CT molecular complexity index is 845. The molecule has 0 bridgehead atoms. The lowest BCUT2D eigenvalue weighted by molar-refractivity contribution is -0.278. The third-order valence-electron chi connectivity index (χ3n) is 4.17. The van der Waals surface area contributed by atoms with Crippen LogP contribution in [-0.2, 0) is 23.8 Å². The van der Waals surface area contributed by atoms with E-state index in [1.807, 2.05) is 0 Å². The summed E-state index contributed by atoms with van der Waals surface area (Å²) in [6.07, 6.45) is -13.6. The van der Waals surface area contributed by atoms with Crippen LogP contribution in [0.3, 0.4) is 0 Å². The van der Waals surface area contributed by atoms with Crippen LogP contribution < -0.4 is 0 Å². The van der Waals surface area contributed by atoms with Crippen LogP contribution in [0.15, 0.2) is 29.2 Å². The van der Waals surface area contributed by atoms with Gasteiger partial charge in [-0.3, -0.25) is 8.98 Å². The third-order valence-corrected chi connectivity index (χ3v) is 5.49. The average molecular weight is 466 g/mol. The maximum absolute atomic E-state index is 13.4. The molecule has 172 valence electrons. The zero-order valence-electron chi connectivity index (χ0n) is 16.1. The second-order valence-corrected chi connectivity index (χ2v) is 8.61. The molecular formula is C17H20F6O6S. The first-order chi connectivity index (χ1) is 13.3. The van der Waals surface area contributed by atoms with Crippen LogP contribution in [0, 0.1) is 6.92 Å². The Morgan fingerprint density at radius 2 is 1.50 bits per heavy atom. The van der Waals surface area contributed by atoms with Crippen LogP contribution in [0.1, 0.15) is 32.3 Å². The summed E-state index contributed by atoms with van der Waals surface area (Å²) in [6, 6.07) is 5.22. The summed E-state index contributed by atoms with van der Waals surface area (Å²) in [7, 11) is -4.42. The van der Waals surface area contributed by atoms with E-state index in [0.29, 0.717) is 6.92 Å². The highest BCUT2D eigenvalue weighted by atomic mass is 32.2. The Morgan fingerprint density at radius 1 is 1.00 bits per heavy atom. The monoisotopic (exact) mass is 466 g/mol. The summed E-state index contributed by atoms with van der Waals surface area (Å²) >= 11 is 0. The van der Waals surface area contributed by atoms with Crippen LogP contribution in [0.25, 0.3) is 0 Å². The minimum absolute atomic E-state index is 0.205. The number of hydrogen-bond donors (Lipinski definition) is 1. The molecule has 2 unspecified atom stereocenters. The first-order valence-corrected chi connectivity index (χ1v) is 9.75. The molecule has 0 aliphatic rings. The molecule has 0 saturated heterocycles. The van der Waals surface area contributed by atoms with Crippen molar-refractivity contribution in [2.24, 2.45) is 0 Å². The molecule has 1 N–H and O–H groups in total. The molecule has 0 saturated carbocycles. The number of rotatable bonds is 8. The number of esters is 1. The van der Waals surface area contributed by atoms with Gasteiger partial charge in [0.2, 0.25) is 5.60 Å². The molecule has 0 fully saturated rings. The summed E-state index contributed by atoms with van der Waals surface area (Å²) in [5, 5.41) is 9.24. The summed E-state index contributed by atoms with van der Waals surface area (Å²) in [4.78, 5) is 11.3. The fraction of sp³-hybridized carbons (Fsp3) is 0.588. The number of aryl methyl sites for hydroxylation is 1. The second kappa shape index (κ2) is 8.71. The standard InChI is InChI=1S/C17H20F6O6S/c1-11-4-6-12(7-5-11)30(26,27)28-9-8-15(3,17(21,22)23)29-13(24)10-14(2,25)16(18,19)20/h4-7,25H,8-10H2,1-3H3. The molecule has 0 spiro atoms. The van der Waals surface area contributed by atoms with Gasteiger partial charge in [0.15, 0.2) is 5.60 Å². The molecule has 0 aliphatic heterocycles. The van der Waals surface area contributed by atoms with E-state index in [-0.39, 0.29) is 11.8 Å². The highest BCUT2D eigenvalue weighted by Crippen LogP contribution is 2.38. The Morgan fingerprint density at radius 3 is 1.93 bits per heavy atom. The number of halogens is 6. The van der Waals surface area contributed by atoms with Gasteiger partial charge in [0, 0.05) is 6.42 Å². The molecule has 0 aromatic heterocycles. The molecule has 6 nitrogen and oxygen atoms in total. The van der Waals surface area contributed by atoms with Crippen LogP contribution in [-0.4, -0.2) is 49.7 Å². The van der Waals surface area contributed by atoms with Gasteiger partial charge >= 0.3 is 18.3 Å². The molecule has 0 heterocycles. The number of carbonyl (C=O) groups excluding carboxylic acids is 1. The smallest absolute Gasteiger partial charge is 0.428 e. The van der Waals surface area contributed by atoms with Gasteiger partial charge < -0.3 is 9.84 Å². The lowest BCUT2D eigenvalue weighted by Gasteiger charge is -2.33. The molecule has 30 heavy (non-hydrogen) atoms. The quantitative estimate of drug-likeness (QED) is 0.357. The minimum atomic E-state index is -5.29. The summed E-state index contributed by atoms with van der Waals surface area (Å²) in [5.41, 5.74) is -6.24. The largest absolute Gasteiger partial charge is 0.449 e. The zero-order valence-corrected chi connectivity index (χ0v) is 16.9. The van der Waals surface area contributed by atoms with E-state index in [4.69, 9.17) is 0 Å². The Balaban J connectivity index is 2.89. The van der Waals surface area contributed by atoms with Crippen molar-refractivity contribution in [1.29, 1.82) is 0 Å². The van der Waals surface area contributed by atoms with Crippen molar-refractivity contribution in [2.75, 3.05) is 6.61 Å². The highest BCUT2D eigenvalue weighted by Gasteiger charge is 2.56. The second-order valence-electron chi connectivity index (χ2n) is 6.99. The maximum Gasteiger partial charge on any atom is 0.428 e. The Kier molecular flexibility index (Phi) is 7.60. The summed E-state index contributed by atoms with van der Waals surface area (Å²) < 4.78 is 111. The van der Waals surface area contributed by atoms with Gasteiger partial charge in [-0.1, -0.05) is 17.7 Å². The zero-order chi connectivity index (χ0) is 23.6. The summed E-state index contributed by atoms with van der Waals surface area (Å²) in [6.45, 7) is 1.16. The molecule has 0 radical (unpaired) electrons. The van der Waals surface area contributed by atoms with Gasteiger partial charge in [0.25, 0.3) is 10.1 Å². The molecule has 13 heteroatoms. The van der Waals surface area contributed by atoms with Crippen LogP contribution >= 0.6 is 0 Å². The normalized spacial score (nSPS) is 17.1. The van der Waals surface area contributed by atoms with Crippen LogP contribution in [0.5, 0.6) is 0 Å². The molecule has 1 aromatic rings. The molecule has 0 aliphatic carbocycles. The molecule has 1 rings (SSSR count). The highest BCUT2D eigenvalue weighted by molar-refractivity contribution is 7.86. The topological polar surface area (TPSA) is 89.9 Å². The van der Waals surface area contributed by atoms with E-state index in [1.54, 1.807) is 6.92 Å². The molecule has 2 atom stereocenters. The van der Waals surface area contributed by atoms with Gasteiger partial charge in [-0.15, -0.1) is 0 Å². The Hall–Kier alpha value is -1.86. The molecule has 1 aromatic carbocycles. The number of alkyl halides is 6. The van der Waals surface area contributed by atoms with Crippen molar-refractivity contribution in [3.63, 3.8) is 0 Å². The van der Waals surface area contributed by atoms with Crippen molar-refractivity contribution in [2.45, 2.75) is 62.1 Å². The molecule has 0 amide bonds. The van der Waals surface area contributed by atoms with E-state index >= 15 is 0 Å². The maximum atomic E-state index is 13.4. The SMILES string of the molecule is Cc1ccc(S(=O)(=O)OCCC(C)(OC(=O)CC(C)(O)C(F)(F)F)C(F)(F)F)cc1. The fourth-order valence-corrected chi connectivity index (χ4v) is 2.95. The van der Waals surface area contributed by atoms with E-state index in [0.717, 1.165) is 5.56 Å². The van der Waals surface area contributed by atoms with E-state index in [2.05, 4.69) is 8.92 Å². The number of carbonyl (C=O) groups is 1. The average Bonchev–Trinajstić information content (AvgIpc) is 2.52. The Labute approximate surface area is 168 Å². The number of aliphatic hydroxyl groups is 1. The lowest BCUT2D eigenvalue weighted by Crippen LogP contribution is -2.50. The van der Waals surface area contributed by atoms with E-state index in [1.165, 1.54) is 24.3 Å². The van der Waals surface area contributed by atoms with Crippen molar-refractivity contribution < 1.29 is 53.6 Å². The van der Waals surface area contributed by atoms with Crippen molar-refractivity contribution in [1.82, 2.24) is 0 Å². The van der Waals surface area contributed by atoms with Gasteiger partial charge in [0.1, 0.15) is 0 Å². The van der Waals surface area contributed by atoms with Gasteiger partial charge in [0.05, 0.1) is 17.9 Å². The van der Waals surface area contributed by atoms with Crippen LogP contribution in [0.4, 0.5) is 26.3 Å². The van der Waals surface area contributed by atoms with Crippen molar-refractivity contribution in [3.05, 3.63) is 29.8 Å². The summed E-state index contributed by atoms with van der Waals surface area (Å²) in [5.74, 6) is -1.97. The first-order valence-electron chi connectivity index (χ1n) is 8.34. The predicted octanol–water partition coefficient (Wildman–Crippen LogP) is 3.66. The third kappa shape index (κ3) is 6.57. The number of ether oxygens (including phenoxy) is 1. The molecular weight excluding hydrogens is 446 g/mol. The van der Waals surface area contributed by atoms with Gasteiger partial charge in [-0.2, -0.15) is 34.8 Å². The fourth-order valence-electron chi connectivity index (χ4n) is 2.04. The van der Waals surface area contributed by atoms with E-state index < -0.39 is 59.1 Å².